The molecule has 0 radical (unpaired) electrons. The molecule has 0 amide bonds. The van der Waals surface area contributed by atoms with Crippen LogP contribution in [0.2, 0.25) is 0 Å². The van der Waals surface area contributed by atoms with E-state index in [-0.39, 0.29) is 5.92 Å². The zero-order valence-electron chi connectivity index (χ0n) is 9.75. The van der Waals surface area contributed by atoms with Gasteiger partial charge in [-0.3, -0.25) is 0 Å². The van der Waals surface area contributed by atoms with E-state index in [0.717, 1.165) is 32.5 Å². The minimum Gasteiger partial charge on any atom is -0.381 e. The van der Waals surface area contributed by atoms with Crippen LogP contribution in [0.5, 0.6) is 0 Å². The monoisotopic (exact) mass is 197 g/mol. The van der Waals surface area contributed by atoms with Gasteiger partial charge in [-0.2, -0.15) is 5.26 Å². The van der Waals surface area contributed by atoms with Crippen LogP contribution in [0.3, 0.4) is 0 Å². The van der Waals surface area contributed by atoms with Gasteiger partial charge in [-0.05, 0) is 25.2 Å². The van der Waals surface area contributed by atoms with Crippen LogP contribution in [0, 0.1) is 23.2 Å². The molecule has 0 aliphatic heterocycles. The summed E-state index contributed by atoms with van der Waals surface area (Å²) in [5, 5.41) is 8.87. The summed E-state index contributed by atoms with van der Waals surface area (Å²) in [6.45, 7) is 8.05. The molecular formula is C12H23NO. The van der Waals surface area contributed by atoms with E-state index < -0.39 is 0 Å². The third-order valence-corrected chi connectivity index (χ3v) is 2.19. The van der Waals surface area contributed by atoms with Crippen LogP contribution in [-0.2, 0) is 4.74 Å². The molecular weight excluding hydrogens is 174 g/mol. The molecule has 0 aliphatic carbocycles. The first-order valence-corrected chi connectivity index (χ1v) is 5.68. The third kappa shape index (κ3) is 8.07. The molecule has 0 saturated heterocycles. The highest BCUT2D eigenvalue weighted by atomic mass is 16.5. The molecule has 0 unspecified atom stereocenters. The average molecular weight is 197 g/mol. The van der Waals surface area contributed by atoms with Gasteiger partial charge in [0.2, 0.25) is 0 Å². The Bertz CT molecular complexity index is 160. The van der Waals surface area contributed by atoms with Gasteiger partial charge in [0.05, 0.1) is 6.07 Å². The summed E-state index contributed by atoms with van der Waals surface area (Å²) >= 11 is 0. The van der Waals surface area contributed by atoms with Crippen LogP contribution >= 0.6 is 0 Å². The quantitative estimate of drug-likeness (QED) is 0.559. The third-order valence-electron chi connectivity index (χ3n) is 2.19. The summed E-state index contributed by atoms with van der Waals surface area (Å²) < 4.78 is 5.44. The van der Waals surface area contributed by atoms with Crippen LogP contribution < -0.4 is 0 Å². The van der Waals surface area contributed by atoms with E-state index in [9.17, 15) is 0 Å². The van der Waals surface area contributed by atoms with Gasteiger partial charge < -0.3 is 4.74 Å². The number of hydrogen-bond donors (Lipinski definition) is 0. The fraction of sp³-hybridized carbons (Fsp3) is 0.917. The molecule has 0 aliphatic rings. The number of unbranched alkanes of at least 4 members (excludes halogenated alkanes) is 1. The van der Waals surface area contributed by atoms with Crippen LogP contribution in [0.25, 0.3) is 0 Å². The maximum absolute atomic E-state index is 8.87. The lowest BCUT2D eigenvalue weighted by Gasteiger charge is -2.11. The van der Waals surface area contributed by atoms with E-state index in [4.69, 9.17) is 10.00 Å². The van der Waals surface area contributed by atoms with E-state index in [1.54, 1.807) is 0 Å². The molecule has 2 heteroatoms. The number of hydrogen-bond acceptors (Lipinski definition) is 2. The Hall–Kier alpha value is -0.550. The SMILES string of the molecule is CCCCOCC[C@@H](C#N)CC(C)C. The Labute approximate surface area is 88.3 Å². The molecule has 0 aromatic carbocycles. The molecule has 0 N–H and O–H groups in total. The number of nitriles is 1. The van der Waals surface area contributed by atoms with Gasteiger partial charge in [0.15, 0.2) is 0 Å². The predicted octanol–water partition coefficient (Wildman–Crippen LogP) is 3.38. The van der Waals surface area contributed by atoms with Crippen molar-refractivity contribution in [2.75, 3.05) is 13.2 Å². The van der Waals surface area contributed by atoms with Crippen molar-refractivity contribution in [2.24, 2.45) is 11.8 Å². The van der Waals surface area contributed by atoms with Crippen LogP contribution in [-0.4, -0.2) is 13.2 Å². The van der Waals surface area contributed by atoms with Gasteiger partial charge in [-0.25, -0.2) is 0 Å². The Kier molecular flexibility index (Phi) is 8.67. The fourth-order valence-electron chi connectivity index (χ4n) is 1.38. The lowest BCUT2D eigenvalue weighted by Crippen LogP contribution is -2.07. The van der Waals surface area contributed by atoms with Gasteiger partial charge in [0.1, 0.15) is 0 Å². The molecule has 0 saturated carbocycles. The van der Waals surface area contributed by atoms with E-state index in [1.165, 1.54) is 6.42 Å². The smallest absolute Gasteiger partial charge is 0.0656 e. The minimum absolute atomic E-state index is 0.177. The molecule has 0 aromatic heterocycles. The Balaban J connectivity index is 3.40. The van der Waals surface area contributed by atoms with Gasteiger partial charge in [-0.1, -0.05) is 27.2 Å². The second-order valence-electron chi connectivity index (χ2n) is 4.21. The maximum Gasteiger partial charge on any atom is 0.0656 e. The van der Waals surface area contributed by atoms with E-state index >= 15 is 0 Å². The highest BCUT2D eigenvalue weighted by Crippen LogP contribution is 2.14. The van der Waals surface area contributed by atoms with Crippen molar-refractivity contribution in [3.8, 4) is 6.07 Å². The summed E-state index contributed by atoms with van der Waals surface area (Å²) in [6.07, 6.45) is 4.18. The number of nitrogens with zero attached hydrogens (tertiary/aromatic N) is 1. The van der Waals surface area contributed by atoms with Gasteiger partial charge >= 0.3 is 0 Å². The zero-order chi connectivity index (χ0) is 10.8. The molecule has 0 aromatic rings. The number of ether oxygens (including phenoxy) is 1. The summed E-state index contributed by atoms with van der Waals surface area (Å²) in [4.78, 5) is 0. The normalized spacial score (nSPS) is 12.8. The van der Waals surface area contributed by atoms with E-state index in [0.29, 0.717) is 5.92 Å². The molecule has 0 fully saturated rings. The fourth-order valence-corrected chi connectivity index (χ4v) is 1.38. The van der Waals surface area contributed by atoms with E-state index in [2.05, 4.69) is 26.8 Å². The topological polar surface area (TPSA) is 33.0 Å². The predicted molar refractivity (Wildman–Crippen MR) is 58.9 cm³/mol. The van der Waals surface area contributed by atoms with Crippen molar-refractivity contribution >= 4 is 0 Å². The first-order valence-electron chi connectivity index (χ1n) is 5.68. The van der Waals surface area contributed by atoms with Crippen molar-refractivity contribution in [3.05, 3.63) is 0 Å². The summed E-state index contributed by atoms with van der Waals surface area (Å²) in [7, 11) is 0. The Morgan fingerprint density at radius 1 is 1.29 bits per heavy atom. The first-order chi connectivity index (χ1) is 6.70. The first kappa shape index (κ1) is 13.4. The van der Waals surface area contributed by atoms with Crippen LogP contribution in [0.4, 0.5) is 0 Å². The second kappa shape index (κ2) is 9.02. The maximum atomic E-state index is 8.87. The summed E-state index contributed by atoms with van der Waals surface area (Å²) in [6, 6.07) is 2.34. The molecule has 0 bridgehead atoms. The summed E-state index contributed by atoms with van der Waals surface area (Å²) in [5.74, 6) is 0.784. The van der Waals surface area contributed by atoms with Crippen molar-refractivity contribution in [1.82, 2.24) is 0 Å². The zero-order valence-corrected chi connectivity index (χ0v) is 9.75. The van der Waals surface area contributed by atoms with Crippen molar-refractivity contribution < 1.29 is 4.74 Å². The highest BCUT2D eigenvalue weighted by molar-refractivity contribution is 4.82. The Morgan fingerprint density at radius 2 is 2.00 bits per heavy atom. The van der Waals surface area contributed by atoms with Crippen molar-refractivity contribution in [3.63, 3.8) is 0 Å². The molecule has 82 valence electrons. The van der Waals surface area contributed by atoms with Crippen molar-refractivity contribution in [1.29, 1.82) is 5.26 Å². The molecule has 1 atom stereocenters. The molecule has 14 heavy (non-hydrogen) atoms. The molecule has 0 spiro atoms. The van der Waals surface area contributed by atoms with Gasteiger partial charge in [0.25, 0.3) is 0 Å². The van der Waals surface area contributed by atoms with Gasteiger partial charge in [0, 0.05) is 19.1 Å². The highest BCUT2D eigenvalue weighted by Gasteiger charge is 2.09. The lowest BCUT2D eigenvalue weighted by molar-refractivity contribution is 0.120. The lowest BCUT2D eigenvalue weighted by atomic mass is 9.96. The van der Waals surface area contributed by atoms with Crippen LogP contribution in [0.15, 0.2) is 0 Å². The Morgan fingerprint density at radius 3 is 2.50 bits per heavy atom. The molecule has 0 rings (SSSR count). The van der Waals surface area contributed by atoms with Crippen molar-refractivity contribution in [2.45, 2.75) is 46.5 Å². The van der Waals surface area contributed by atoms with E-state index in [1.807, 2.05) is 0 Å². The molecule has 0 heterocycles. The molecule has 2 nitrogen and oxygen atoms in total. The number of rotatable bonds is 8. The average Bonchev–Trinajstić information content (AvgIpc) is 2.15. The van der Waals surface area contributed by atoms with Crippen LogP contribution in [0.1, 0.15) is 46.5 Å². The largest absolute Gasteiger partial charge is 0.381 e. The standard InChI is InChI=1S/C12H23NO/c1-4-5-7-14-8-6-12(10-13)9-11(2)3/h11-12H,4-9H2,1-3H3/t12-/m1/s1. The summed E-state index contributed by atoms with van der Waals surface area (Å²) in [5.41, 5.74) is 0. The second-order valence-corrected chi connectivity index (χ2v) is 4.21. The van der Waals surface area contributed by atoms with Gasteiger partial charge in [-0.15, -0.1) is 0 Å². The minimum atomic E-state index is 0.177.